The quantitative estimate of drug-likeness (QED) is 0.513. The van der Waals surface area contributed by atoms with E-state index >= 15 is 0 Å². The van der Waals surface area contributed by atoms with Gasteiger partial charge in [0.1, 0.15) is 5.00 Å². The van der Waals surface area contributed by atoms with Crippen molar-refractivity contribution in [1.82, 2.24) is 4.98 Å². The third kappa shape index (κ3) is 0.899. The Bertz CT molecular complexity index is 142. The van der Waals surface area contributed by atoms with Gasteiger partial charge in [-0.15, -0.1) is 11.3 Å². The molecule has 2 N–H and O–H groups in total. The molecule has 0 aliphatic heterocycles. The largest absolute Gasteiger partial charge is 0.389 e. The molecule has 0 aliphatic carbocycles. The monoisotopic (exact) mass is 115 g/mol. The Labute approximate surface area is 46.0 Å². The van der Waals surface area contributed by atoms with Crippen molar-refractivity contribution in [2.45, 2.75) is 6.92 Å². The van der Waals surface area contributed by atoms with Gasteiger partial charge >= 0.3 is 0 Å². The summed E-state index contributed by atoms with van der Waals surface area (Å²) >= 11 is 1.51. The van der Waals surface area contributed by atoms with Gasteiger partial charge in [0, 0.05) is 0 Å². The molecule has 1 rings (SSSR count). The van der Waals surface area contributed by atoms with E-state index in [4.69, 9.17) is 5.73 Å². The van der Waals surface area contributed by atoms with Crippen LogP contribution in [0, 0.1) is 6.92 Å². The molecule has 2 nitrogen and oxygen atoms in total. The van der Waals surface area contributed by atoms with Crippen molar-refractivity contribution in [1.29, 1.82) is 0 Å². The maximum absolute atomic E-state index is 5.33. The average Bonchev–Trinajstić information content (AvgIpc) is 1.87. The predicted octanol–water partition coefficient (Wildman–Crippen LogP) is 1.03. The lowest BCUT2D eigenvalue weighted by atomic mass is 10.9. The molecule has 38 valence electrons. The minimum absolute atomic E-state index is 0.789. The van der Waals surface area contributed by atoms with Crippen molar-refractivity contribution in [3.63, 3.8) is 0 Å². The number of hydrogen-bond acceptors (Lipinski definition) is 3. The van der Waals surface area contributed by atoms with Gasteiger partial charge in [0.2, 0.25) is 0 Å². The van der Waals surface area contributed by atoms with Crippen LogP contribution in [0.2, 0.25) is 0 Å². The fraction of sp³-hybridized carbons (Fsp3) is 0.250. The molecule has 0 saturated carbocycles. The molecule has 1 aromatic rings. The zero-order valence-electron chi connectivity index (χ0n) is 4.01. The van der Waals surface area contributed by atoms with E-state index in [9.17, 15) is 0 Å². The van der Waals surface area contributed by atoms with Crippen molar-refractivity contribution in [3.05, 3.63) is 11.2 Å². The Morgan fingerprint density at radius 3 is 2.71 bits per heavy atom. The highest BCUT2D eigenvalue weighted by Gasteiger charge is 1.86. The summed E-state index contributed by atoms with van der Waals surface area (Å²) in [4.78, 5) is 3.91. The summed E-state index contributed by atoms with van der Waals surface area (Å²) in [6.45, 7) is 1.93. The highest BCUT2D eigenvalue weighted by atomic mass is 32.1. The first-order valence-corrected chi connectivity index (χ1v) is 2.78. The van der Waals surface area contributed by atoms with E-state index in [0.717, 1.165) is 10.0 Å². The van der Waals surface area contributed by atoms with Gasteiger partial charge in [0.25, 0.3) is 0 Å². The summed E-state index contributed by atoms with van der Waals surface area (Å²) in [6, 6.07) is 0. The van der Waals surface area contributed by atoms with E-state index in [1.165, 1.54) is 11.3 Å². The Hall–Kier alpha value is -0.570. The third-order valence-electron chi connectivity index (χ3n) is 0.639. The smallest absolute Gasteiger partial charge is 0.106 e. The third-order valence-corrected chi connectivity index (χ3v) is 1.38. The molecule has 0 saturated heterocycles. The molecule has 0 aliphatic rings. The molecule has 0 fully saturated rings. The first kappa shape index (κ1) is 4.59. The lowest BCUT2D eigenvalue weighted by Crippen LogP contribution is -1.73. The second-order valence-corrected chi connectivity index (χ2v) is 2.55. The maximum Gasteiger partial charge on any atom is 0.106 e. The van der Waals surface area contributed by atoms with Crippen molar-refractivity contribution in [3.8, 4) is 0 Å². The van der Waals surface area contributed by atoms with Crippen LogP contribution in [-0.2, 0) is 0 Å². The molecule has 7 heavy (non-hydrogen) atoms. The minimum atomic E-state index is 0.789. The molecule has 0 atom stereocenters. The van der Waals surface area contributed by atoms with Gasteiger partial charge in [-0.25, -0.2) is 4.98 Å². The van der Waals surface area contributed by atoms with Crippen LogP contribution in [0.3, 0.4) is 0 Å². The van der Waals surface area contributed by atoms with Gasteiger partial charge in [0.15, 0.2) is 0 Å². The van der Waals surface area contributed by atoms with Gasteiger partial charge in [-0.3, -0.25) is 0 Å². The van der Waals surface area contributed by atoms with Crippen LogP contribution in [-0.4, -0.2) is 4.98 Å². The standard InChI is InChI=1S/C4H6N2S/c1-3-6-2-4(5)7-3/h2H,5H2,1H3/i1+1. The van der Waals surface area contributed by atoms with Crippen LogP contribution in [0.1, 0.15) is 5.01 Å². The van der Waals surface area contributed by atoms with Gasteiger partial charge in [-0.05, 0) is 6.92 Å². The van der Waals surface area contributed by atoms with Crippen molar-refractivity contribution >= 4 is 16.3 Å². The summed E-state index contributed by atoms with van der Waals surface area (Å²) < 4.78 is 0. The molecule has 0 amide bonds. The fourth-order valence-electron chi connectivity index (χ4n) is 0.378. The van der Waals surface area contributed by atoms with E-state index in [-0.39, 0.29) is 0 Å². The first-order valence-electron chi connectivity index (χ1n) is 1.97. The molecule has 0 radical (unpaired) electrons. The molecule has 0 unspecified atom stereocenters. The molecule has 1 aromatic heterocycles. The topological polar surface area (TPSA) is 38.9 Å². The van der Waals surface area contributed by atoms with Crippen molar-refractivity contribution in [2.24, 2.45) is 0 Å². The molecule has 3 heteroatoms. The first-order chi connectivity index (χ1) is 3.29. The van der Waals surface area contributed by atoms with Crippen LogP contribution in [0.4, 0.5) is 5.00 Å². The average molecular weight is 115 g/mol. The number of hydrogen-bond donors (Lipinski definition) is 1. The lowest BCUT2D eigenvalue weighted by Gasteiger charge is -1.70. The van der Waals surface area contributed by atoms with E-state index in [2.05, 4.69) is 4.98 Å². The normalized spacial score (nSPS) is 9.29. The highest BCUT2D eigenvalue weighted by molar-refractivity contribution is 7.15. The molecular formula is C4H6N2S. The second kappa shape index (κ2) is 1.50. The number of anilines is 1. The van der Waals surface area contributed by atoms with E-state index in [1.807, 2.05) is 6.92 Å². The molecular weight excluding hydrogens is 109 g/mol. The number of aryl methyl sites for hydroxylation is 1. The molecule has 0 spiro atoms. The number of aromatic nitrogens is 1. The number of nitrogen functional groups attached to an aromatic ring is 1. The van der Waals surface area contributed by atoms with Gasteiger partial charge in [0.05, 0.1) is 11.2 Å². The Morgan fingerprint density at radius 2 is 2.57 bits per heavy atom. The van der Waals surface area contributed by atoms with E-state index < -0.39 is 0 Å². The summed E-state index contributed by atoms with van der Waals surface area (Å²) in [7, 11) is 0. The number of nitrogens with two attached hydrogens (primary N) is 1. The Morgan fingerprint density at radius 1 is 1.86 bits per heavy atom. The summed E-state index contributed by atoms with van der Waals surface area (Å²) in [6.07, 6.45) is 1.67. The van der Waals surface area contributed by atoms with Crippen molar-refractivity contribution < 1.29 is 0 Å². The molecule has 0 aromatic carbocycles. The van der Waals surface area contributed by atoms with Crippen LogP contribution in [0.5, 0.6) is 0 Å². The minimum Gasteiger partial charge on any atom is -0.389 e. The van der Waals surface area contributed by atoms with Crippen LogP contribution < -0.4 is 5.73 Å². The van der Waals surface area contributed by atoms with Crippen LogP contribution in [0.15, 0.2) is 6.20 Å². The highest BCUT2D eigenvalue weighted by Crippen LogP contribution is 2.11. The number of thiazole rings is 1. The Balaban J connectivity index is 3.04. The Kier molecular flexibility index (Phi) is 0.982. The summed E-state index contributed by atoms with van der Waals surface area (Å²) in [5, 5.41) is 1.81. The molecule has 1 heterocycles. The predicted molar refractivity (Wildman–Crippen MR) is 31.3 cm³/mol. The van der Waals surface area contributed by atoms with Gasteiger partial charge in [-0.1, -0.05) is 0 Å². The second-order valence-electron chi connectivity index (χ2n) is 1.28. The van der Waals surface area contributed by atoms with Gasteiger partial charge in [-0.2, -0.15) is 0 Å². The van der Waals surface area contributed by atoms with Crippen molar-refractivity contribution in [2.75, 3.05) is 5.73 Å². The molecule has 0 bridgehead atoms. The zero-order valence-corrected chi connectivity index (χ0v) is 4.83. The summed E-state index contributed by atoms with van der Waals surface area (Å²) in [5.41, 5.74) is 5.33. The summed E-state index contributed by atoms with van der Waals surface area (Å²) in [5.74, 6) is 0. The van der Waals surface area contributed by atoms with E-state index in [0.29, 0.717) is 0 Å². The maximum atomic E-state index is 5.33. The van der Waals surface area contributed by atoms with E-state index in [1.54, 1.807) is 6.20 Å². The lowest BCUT2D eigenvalue weighted by molar-refractivity contribution is 1.30. The number of rotatable bonds is 0. The zero-order chi connectivity index (χ0) is 5.28. The van der Waals surface area contributed by atoms with Crippen LogP contribution >= 0.6 is 11.3 Å². The van der Waals surface area contributed by atoms with Gasteiger partial charge < -0.3 is 5.73 Å². The SMILES string of the molecule is [13CH3]c1ncc(N)s1. The number of nitrogens with zero attached hydrogens (tertiary/aromatic N) is 1. The van der Waals surface area contributed by atoms with Crippen LogP contribution in [0.25, 0.3) is 0 Å². The fourth-order valence-corrected chi connectivity index (χ4v) is 0.930.